The van der Waals surface area contributed by atoms with Crippen molar-refractivity contribution in [3.63, 3.8) is 0 Å². The minimum atomic E-state index is -0.126. The van der Waals surface area contributed by atoms with Crippen LogP contribution in [-0.4, -0.2) is 21.4 Å². The summed E-state index contributed by atoms with van der Waals surface area (Å²) in [5.74, 6) is 0.636. The number of hydrogen-bond donors (Lipinski definition) is 1. The van der Waals surface area contributed by atoms with Crippen molar-refractivity contribution in [3.8, 4) is 5.75 Å². The molecule has 0 saturated carbocycles. The van der Waals surface area contributed by atoms with Gasteiger partial charge in [0.2, 0.25) is 0 Å². The Morgan fingerprint density at radius 3 is 2.62 bits per heavy atom. The Bertz CT molecular complexity index is 851. The van der Waals surface area contributed by atoms with Gasteiger partial charge in [-0.3, -0.25) is 4.79 Å². The number of hydrogen-bond acceptors (Lipinski definition) is 3. The molecule has 5 nitrogen and oxygen atoms in total. The van der Waals surface area contributed by atoms with Crippen molar-refractivity contribution >= 4 is 11.6 Å². The first-order chi connectivity index (χ1) is 11.5. The van der Waals surface area contributed by atoms with Gasteiger partial charge in [-0.25, -0.2) is 4.98 Å². The van der Waals surface area contributed by atoms with Gasteiger partial charge in [-0.05, 0) is 56.7 Å². The summed E-state index contributed by atoms with van der Waals surface area (Å²) in [6.07, 6.45) is 4.06. The minimum absolute atomic E-state index is 0.114. The van der Waals surface area contributed by atoms with Crippen molar-refractivity contribution in [1.29, 1.82) is 0 Å². The number of aryl methyl sites for hydroxylation is 1. The van der Waals surface area contributed by atoms with Gasteiger partial charge >= 0.3 is 0 Å². The summed E-state index contributed by atoms with van der Waals surface area (Å²) < 4.78 is 7.54. The van der Waals surface area contributed by atoms with Gasteiger partial charge in [-0.2, -0.15) is 0 Å². The van der Waals surface area contributed by atoms with Crippen molar-refractivity contribution in [3.05, 3.63) is 65.6 Å². The molecule has 0 fully saturated rings. The number of rotatable bonds is 5. The van der Waals surface area contributed by atoms with E-state index in [0.717, 1.165) is 17.1 Å². The summed E-state index contributed by atoms with van der Waals surface area (Å²) in [6, 6.07) is 11.1. The fraction of sp³-hybridized carbons (Fsp3) is 0.263. The van der Waals surface area contributed by atoms with Crippen LogP contribution in [0.5, 0.6) is 5.75 Å². The standard InChI is InChI=1S/C19H21N3O2/c1-13(2)24-17-7-5-15(6-8-17)19(23)20-10-16-12-22-11-14(3)4-9-18(22)21-16/h4-9,11-13H,10H2,1-3H3,(H,20,23). The lowest BCUT2D eigenvalue weighted by molar-refractivity contribution is 0.0950. The Morgan fingerprint density at radius 2 is 1.92 bits per heavy atom. The van der Waals surface area contributed by atoms with Crippen LogP contribution in [0.3, 0.4) is 0 Å². The third kappa shape index (κ3) is 3.74. The SMILES string of the molecule is Cc1ccc2nc(CNC(=O)c3ccc(OC(C)C)cc3)cn2c1. The summed E-state index contributed by atoms with van der Waals surface area (Å²) in [5.41, 5.74) is 3.47. The van der Waals surface area contributed by atoms with Gasteiger partial charge in [-0.15, -0.1) is 0 Å². The zero-order chi connectivity index (χ0) is 17.1. The average molecular weight is 323 g/mol. The maximum atomic E-state index is 12.2. The lowest BCUT2D eigenvalue weighted by atomic mass is 10.2. The zero-order valence-electron chi connectivity index (χ0n) is 14.1. The molecule has 124 valence electrons. The van der Waals surface area contributed by atoms with Crippen molar-refractivity contribution in [2.24, 2.45) is 0 Å². The van der Waals surface area contributed by atoms with Crippen LogP contribution in [0, 0.1) is 6.92 Å². The normalized spacial score (nSPS) is 11.0. The number of nitrogens with zero attached hydrogens (tertiary/aromatic N) is 2. The monoisotopic (exact) mass is 323 g/mol. The van der Waals surface area contributed by atoms with Gasteiger partial charge in [0.05, 0.1) is 18.3 Å². The molecule has 0 radical (unpaired) electrons. The van der Waals surface area contributed by atoms with Crippen LogP contribution in [-0.2, 0) is 6.54 Å². The summed E-state index contributed by atoms with van der Waals surface area (Å²) in [7, 11) is 0. The van der Waals surface area contributed by atoms with E-state index in [1.807, 2.05) is 61.8 Å². The van der Waals surface area contributed by atoms with E-state index in [2.05, 4.69) is 10.3 Å². The Hall–Kier alpha value is -2.82. The fourth-order valence-corrected chi connectivity index (χ4v) is 2.47. The molecule has 24 heavy (non-hydrogen) atoms. The van der Waals surface area contributed by atoms with Crippen molar-refractivity contribution in [2.45, 2.75) is 33.4 Å². The number of pyridine rings is 1. The third-order valence-electron chi connectivity index (χ3n) is 3.57. The second-order valence-electron chi connectivity index (χ2n) is 6.08. The van der Waals surface area contributed by atoms with E-state index in [1.165, 1.54) is 5.56 Å². The predicted octanol–water partition coefficient (Wildman–Crippen LogP) is 3.36. The Labute approximate surface area is 141 Å². The Kier molecular flexibility index (Phi) is 4.51. The highest BCUT2D eigenvalue weighted by Crippen LogP contribution is 2.14. The number of nitrogens with one attached hydrogen (secondary N) is 1. The molecule has 3 rings (SSSR count). The van der Waals surface area contributed by atoms with Crippen molar-refractivity contribution in [1.82, 2.24) is 14.7 Å². The van der Waals surface area contributed by atoms with E-state index < -0.39 is 0 Å². The number of amides is 1. The largest absolute Gasteiger partial charge is 0.491 e. The van der Waals surface area contributed by atoms with Crippen LogP contribution in [0.25, 0.3) is 5.65 Å². The molecule has 3 aromatic rings. The number of benzene rings is 1. The summed E-state index contributed by atoms with van der Waals surface area (Å²) in [6.45, 7) is 6.37. The quantitative estimate of drug-likeness (QED) is 0.783. The predicted molar refractivity (Wildman–Crippen MR) is 93.3 cm³/mol. The van der Waals surface area contributed by atoms with Crippen LogP contribution in [0.15, 0.2) is 48.8 Å². The van der Waals surface area contributed by atoms with E-state index in [1.54, 1.807) is 12.1 Å². The molecule has 0 aliphatic rings. The topological polar surface area (TPSA) is 55.6 Å². The molecule has 1 N–H and O–H groups in total. The molecule has 0 spiro atoms. The Balaban J connectivity index is 1.63. The average Bonchev–Trinajstić information content (AvgIpc) is 2.94. The second-order valence-corrected chi connectivity index (χ2v) is 6.08. The zero-order valence-corrected chi connectivity index (χ0v) is 14.1. The highest BCUT2D eigenvalue weighted by molar-refractivity contribution is 5.94. The highest BCUT2D eigenvalue weighted by atomic mass is 16.5. The maximum absolute atomic E-state index is 12.2. The summed E-state index contributed by atoms with van der Waals surface area (Å²) >= 11 is 0. The highest BCUT2D eigenvalue weighted by Gasteiger charge is 2.08. The van der Waals surface area contributed by atoms with Crippen LogP contribution >= 0.6 is 0 Å². The molecule has 1 amide bonds. The van der Waals surface area contributed by atoms with Gasteiger partial charge in [-0.1, -0.05) is 6.07 Å². The molecule has 5 heteroatoms. The van der Waals surface area contributed by atoms with Crippen molar-refractivity contribution in [2.75, 3.05) is 0 Å². The van der Waals surface area contributed by atoms with E-state index in [9.17, 15) is 4.79 Å². The first-order valence-electron chi connectivity index (χ1n) is 8.00. The lowest BCUT2D eigenvalue weighted by Gasteiger charge is -2.10. The van der Waals surface area contributed by atoms with E-state index in [0.29, 0.717) is 12.1 Å². The number of imidazole rings is 1. The van der Waals surface area contributed by atoms with Crippen LogP contribution in [0.2, 0.25) is 0 Å². The lowest BCUT2D eigenvalue weighted by Crippen LogP contribution is -2.22. The molecule has 0 aliphatic heterocycles. The maximum Gasteiger partial charge on any atom is 0.251 e. The molecule has 2 heterocycles. The molecule has 0 aliphatic carbocycles. The van der Waals surface area contributed by atoms with E-state index in [4.69, 9.17) is 4.74 Å². The second kappa shape index (κ2) is 6.74. The molecule has 0 unspecified atom stereocenters. The molecule has 2 aromatic heterocycles. The van der Waals surface area contributed by atoms with Gasteiger partial charge in [0.15, 0.2) is 0 Å². The van der Waals surface area contributed by atoms with Crippen LogP contribution in [0.1, 0.15) is 35.5 Å². The summed E-state index contributed by atoms with van der Waals surface area (Å²) in [5, 5.41) is 2.90. The first-order valence-corrected chi connectivity index (χ1v) is 8.00. The molecule has 0 saturated heterocycles. The van der Waals surface area contributed by atoms with Gasteiger partial charge in [0.25, 0.3) is 5.91 Å². The number of fused-ring (bicyclic) bond motifs is 1. The van der Waals surface area contributed by atoms with Gasteiger partial charge < -0.3 is 14.5 Å². The number of carbonyl (C=O) groups excluding carboxylic acids is 1. The van der Waals surface area contributed by atoms with Gasteiger partial charge in [0, 0.05) is 18.0 Å². The molecular formula is C19H21N3O2. The van der Waals surface area contributed by atoms with E-state index >= 15 is 0 Å². The first kappa shape index (κ1) is 16.1. The number of carbonyl (C=O) groups is 1. The van der Waals surface area contributed by atoms with Gasteiger partial charge in [0.1, 0.15) is 11.4 Å². The summed E-state index contributed by atoms with van der Waals surface area (Å²) in [4.78, 5) is 16.7. The molecule has 0 atom stereocenters. The van der Waals surface area contributed by atoms with E-state index in [-0.39, 0.29) is 12.0 Å². The molecular weight excluding hydrogens is 302 g/mol. The van der Waals surface area contributed by atoms with Crippen LogP contribution < -0.4 is 10.1 Å². The molecule has 1 aromatic carbocycles. The third-order valence-corrected chi connectivity index (χ3v) is 3.57. The van der Waals surface area contributed by atoms with Crippen LogP contribution in [0.4, 0.5) is 0 Å². The molecule has 0 bridgehead atoms. The number of aromatic nitrogens is 2. The fourth-order valence-electron chi connectivity index (χ4n) is 2.47. The van der Waals surface area contributed by atoms with Crippen molar-refractivity contribution < 1.29 is 9.53 Å². The minimum Gasteiger partial charge on any atom is -0.491 e. The number of ether oxygens (including phenoxy) is 1. The Morgan fingerprint density at radius 1 is 1.17 bits per heavy atom. The smallest absolute Gasteiger partial charge is 0.251 e.